The third-order valence-corrected chi connectivity index (χ3v) is 3.53. The molecule has 0 fully saturated rings. The second-order valence-corrected chi connectivity index (χ2v) is 5.56. The topological polar surface area (TPSA) is 0 Å². The van der Waals surface area contributed by atoms with Gasteiger partial charge in [0.05, 0.1) is 5.38 Å². The van der Waals surface area contributed by atoms with Gasteiger partial charge in [-0.3, -0.25) is 0 Å². The molecule has 0 heterocycles. The quantitative estimate of drug-likeness (QED) is 0.531. The van der Waals surface area contributed by atoms with E-state index in [0.29, 0.717) is 5.92 Å². The average Bonchev–Trinajstić information content (AvgIpc) is 2.03. The molecule has 1 unspecified atom stereocenters. The predicted molar refractivity (Wildman–Crippen MR) is 64.1 cm³/mol. The Morgan fingerprint density at radius 1 is 1.31 bits per heavy atom. The smallest absolute Gasteiger partial charge is 0.0586 e. The third kappa shape index (κ3) is 3.16. The van der Waals surface area contributed by atoms with E-state index in [1.807, 2.05) is 0 Å². The molecule has 0 aliphatic rings. The molecule has 1 aromatic carbocycles. The van der Waals surface area contributed by atoms with Crippen LogP contribution in [0.4, 0.5) is 0 Å². The summed E-state index contributed by atoms with van der Waals surface area (Å²) >= 11 is 6.33. The van der Waals surface area contributed by atoms with Crippen LogP contribution in [-0.4, -0.2) is 10.2 Å². The largest absolute Gasteiger partial charge is 0.118 e. The van der Waals surface area contributed by atoms with E-state index in [4.69, 9.17) is 11.6 Å². The SMILES string of the molecule is CC(C)CC(Cl)c1ccccc1[SiH3]. The monoisotopic (exact) mass is 212 g/mol. The normalized spacial score (nSPS) is 13.5. The van der Waals surface area contributed by atoms with Gasteiger partial charge in [-0.25, -0.2) is 0 Å². The number of hydrogen-bond donors (Lipinski definition) is 0. The van der Waals surface area contributed by atoms with Crippen molar-refractivity contribution in [1.82, 2.24) is 0 Å². The summed E-state index contributed by atoms with van der Waals surface area (Å²) in [6, 6.07) is 8.50. The molecule has 0 saturated heterocycles. The molecule has 0 aliphatic heterocycles. The number of halogens is 1. The van der Waals surface area contributed by atoms with Crippen molar-refractivity contribution in [3.05, 3.63) is 29.8 Å². The summed E-state index contributed by atoms with van der Waals surface area (Å²) in [5.41, 5.74) is 1.34. The highest BCUT2D eigenvalue weighted by Crippen LogP contribution is 2.25. The standard InChI is InChI=1S/C11H17ClSi/c1-8(2)7-10(12)9-5-3-4-6-11(9)13/h3-6,8,10H,7H2,1-2,13H3. The molecule has 72 valence electrons. The lowest BCUT2D eigenvalue weighted by Gasteiger charge is -2.14. The first-order valence-corrected chi connectivity index (χ1v) is 6.24. The lowest BCUT2D eigenvalue weighted by Crippen LogP contribution is -2.12. The molecule has 0 saturated carbocycles. The van der Waals surface area contributed by atoms with E-state index >= 15 is 0 Å². The van der Waals surface area contributed by atoms with E-state index in [1.54, 1.807) is 0 Å². The van der Waals surface area contributed by atoms with Gasteiger partial charge in [0.15, 0.2) is 0 Å². The van der Waals surface area contributed by atoms with Gasteiger partial charge < -0.3 is 0 Å². The Morgan fingerprint density at radius 3 is 2.46 bits per heavy atom. The maximum Gasteiger partial charge on any atom is 0.0586 e. The van der Waals surface area contributed by atoms with E-state index in [1.165, 1.54) is 10.8 Å². The maximum atomic E-state index is 6.33. The summed E-state index contributed by atoms with van der Waals surface area (Å²) < 4.78 is 0. The fourth-order valence-corrected chi connectivity index (χ4v) is 2.97. The summed E-state index contributed by atoms with van der Waals surface area (Å²) in [5, 5.41) is 1.64. The molecule has 0 radical (unpaired) electrons. The van der Waals surface area contributed by atoms with Crippen molar-refractivity contribution in [2.45, 2.75) is 25.6 Å². The first-order chi connectivity index (χ1) is 6.11. The highest BCUT2D eigenvalue weighted by molar-refractivity contribution is 6.34. The molecular formula is C11H17ClSi. The molecule has 0 aliphatic carbocycles. The van der Waals surface area contributed by atoms with Crippen molar-refractivity contribution in [3.8, 4) is 0 Å². The zero-order chi connectivity index (χ0) is 9.84. The minimum absolute atomic E-state index is 0.202. The van der Waals surface area contributed by atoms with Crippen molar-refractivity contribution in [2.75, 3.05) is 0 Å². The summed E-state index contributed by atoms with van der Waals surface area (Å²) in [6.45, 7) is 4.43. The third-order valence-electron chi connectivity index (χ3n) is 2.20. The van der Waals surface area contributed by atoms with Gasteiger partial charge in [-0.1, -0.05) is 43.3 Å². The van der Waals surface area contributed by atoms with Gasteiger partial charge in [-0.15, -0.1) is 11.6 Å². The molecule has 0 spiro atoms. The summed E-state index contributed by atoms with van der Waals surface area (Å²) in [4.78, 5) is 0. The summed E-state index contributed by atoms with van der Waals surface area (Å²) in [5.74, 6) is 0.670. The van der Waals surface area contributed by atoms with Gasteiger partial charge >= 0.3 is 0 Å². The zero-order valence-electron chi connectivity index (χ0n) is 8.55. The molecule has 0 N–H and O–H groups in total. The Morgan fingerprint density at radius 2 is 1.92 bits per heavy atom. The van der Waals surface area contributed by atoms with Crippen LogP contribution in [0.1, 0.15) is 31.2 Å². The fraction of sp³-hybridized carbons (Fsp3) is 0.455. The van der Waals surface area contributed by atoms with Gasteiger partial charge in [0.1, 0.15) is 0 Å². The van der Waals surface area contributed by atoms with Crippen molar-refractivity contribution >= 4 is 27.0 Å². The van der Waals surface area contributed by atoms with Crippen LogP contribution in [0.5, 0.6) is 0 Å². The minimum Gasteiger partial charge on any atom is -0.118 e. The van der Waals surface area contributed by atoms with Gasteiger partial charge in [-0.2, -0.15) is 0 Å². The Balaban J connectivity index is 2.76. The minimum atomic E-state index is 0.202. The molecule has 1 aromatic rings. The van der Waals surface area contributed by atoms with E-state index in [0.717, 1.165) is 16.7 Å². The molecule has 1 rings (SSSR count). The van der Waals surface area contributed by atoms with Crippen LogP contribution in [0.15, 0.2) is 24.3 Å². The Hall–Kier alpha value is -0.273. The summed E-state index contributed by atoms with van der Waals surface area (Å²) in [6.07, 6.45) is 1.07. The van der Waals surface area contributed by atoms with Crippen LogP contribution in [0, 0.1) is 5.92 Å². The number of hydrogen-bond acceptors (Lipinski definition) is 0. The lowest BCUT2D eigenvalue weighted by molar-refractivity contribution is 0.576. The first-order valence-electron chi connectivity index (χ1n) is 4.81. The highest BCUT2D eigenvalue weighted by Gasteiger charge is 2.11. The van der Waals surface area contributed by atoms with Crippen molar-refractivity contribution in [3.63, 3.8) is 0 Å². The second-order valence-electron chi connectivity index (χ2n) is 3.95. The van der Waals surface area contributed by atoms with E-state index in [-0.39, 0.29) is 5.38 Å². The van der Waals surface area contributed by atoms with E-state index in [2.05, 4.69) is 38.1 Å². The Kier molecular flexibility index (Phi) is 4.01. The van der Waals surface area contributed by atoms with Gasteiger partial charge in [0.25, 0.3) is 0 Å². The van der Waals surface area contributed by atoms with Crippen LogP contribution in [-0.2, 0) is 0 Å². The van der Waals surface area contributed by atoms with Crippen molar-refractivity contribution in [1.29, 1.82) is 0 Å². The van der Waals surface area contributed by atoms with Crippen LogP contribution in [0.3, 0.4) is 0 Å². The van der Waals surface area contributed by atoms with Gasteiger partial charge in [-0.05, 0) is 17.9 Å². The van der Waals surface area contributed by atoms with Gasteiger partial charge in [0, 0.05) is 10.2 Å². The lowest BCUT2D eigenvalue weighted by atomic mass is 10.0. The van der Waals surface area contributed by atoms with Crippen molar-refractivity contribution in [2.24, 2.45) is 5.92 Å². The number of benzene rings is 1. The predicted octanol–water partition coefficient (Wildman–Crippen LogP) is 2.00. The number of rotatable bonds is 3. The Labute approximate surface area is 88.7 Å². The molecule has 2 heteroatoms. The molecule has 0 nitrogen and oxygen atoms in total. The Bertz CT molecular complexity index is 271. The summed E-state index contributed by atoms with van der Waals surface area (Å²) in [7, 11) is 1.09. The molecular weight excluding hydrogens is 196 g/mol. The van der Waals surface area contributed by atoms with Crippen LogP contribution in [0.2, 0.25) is 0 Å². The second kappa shape index (κ2) is 4.82. The van der Waals surface area contributed by atoms with Crippen molar-refractivity contribution < 1.29 is 0 Å². The molecule has 0 bridgehead atoms. The van der Waals surface area contributed by atoms with Crippen LogP contribution >= 0.6 is 11.6 Å². The zero-order valence-corrected chi connectivity index (χ0v) is 11.3. The average molecular weight is 213 g/mol. The van der Waals surface area contributed by atoms with Gasteiger partial charge in [0.2, 0.25) is 0 Å². The maximum absolute atomic E-state index is 6.33. The molecule has 1 atom stereocenters. The highest BCUT2D eigenvalue weighted by atomic mass is 35.5. The van der Waals surface area contributed by atoms with E-state index < -0.39 is 0 Å². The van der Waals surface area contributed by atoms with Crippen LogP contribution in [0.25, 0.3) is 0 Å². The molecule has 13 heavy (non-hydrogen) atoms. The molecule has 0 aromatic heterocycles. The molecule has 0 amide bonds. The number of alkyl halides is 1. The van der Waals surface area contributed by atoms with Crippen LogP contribution < -0.4 is 5.19 Å². The van der Waals surface area contributed by atoms with E-state index in [9.17, 15) is 0 Å². The fourth-order valence-electron chi connectivity index (χ4n) is 1.48. The first kappa shape index (κ1) is 10.8.